The molecule has 0 saturated heterocycles. The van der Waals surface area contributed by atoms with E-state index in [1.165, 1.54) is 84.6 Å². The third-order valence-electron chi connectivity index (χ3n) is 8.20. The van der Waals surface area contributed by atoms with Crippen molar-refractivity contribution in [1.29, 1.82) is 0 Å². The molecule has 0 nitrogen and oxygen atoms in total. The summed E-state index contributed by atoms with van der Waals surface area (Å²) < 4.78 is 0. The molecule has 0 atom stereocenters. The van der Waals surface area contributed by atoms with Crippen LogP contribution in [0.3, 0.4) is 0 Å². The van der Waals surface area contributed by atoms with Gasteiger partial charge in [-0.05, 0) is 106 Å². The average Bonchev–Trinajstić information content (AvgIpc) is 3.37. The Kier molecular flexibility index (Phi) is 5.05. The van der Waals surface area contributed by atoms with Crippen LogP contribution in [0.2, 0.25) is 0 Å². The second-order valence-corrected chi connectivity index (χ2v) is 10.4. The van der Waals surface area contributed by atoms with Crippen molar-refractivity contribution in [3.8, 4) is 11.1 Å². The molecule has 0 heteroatoms. The quantitative estimate of drug-likeness (QED) is 0.397. The predicted octanol–water partition coefficient (Wildman–Crippen LogP) is 9.34. The monoisotopic (exact) mass is 418 g/mol. The summed E-state index contributed by atoms with van der Waals surface area (Å²) in [6.07, 6.45) is 15.1. The van der Waals surface area contributed by atoms with Gasteiger partial charge in [-0.2, -0.15) is 0 Å². The second-order valence-electron chi connectivity index (χ2n) is 10.4. The van der Waals surface area contributed by atoms with Crippen LogP contribution >= 0.6 is 0 Å². The Balaban J connectivity index is 1.69. The van der Waals surface area contributed by atoms with Crippen molar-refractivity contribution in [2.75, 3.05) is 0 Å². The minimum absolute atomic E-state index is 0.513. The van der Waals surface area contributed by atoms with Crippen LogP contribution in [-0.2, 0) is 6.42 Å². The molecule has 0 radical (unpaired) electrons. The Morgan fingerprint density at radius 3 is 2.44 bits per heavy atom. The van der Waals surface area contributed by atoms with E-state index in [0.717, 1.165) is 0 Å². The van der Waals surface area contributed by atoms with E-state index in [1.54, 1.807) is 22.1 Å². The number of benzene rings is 3. The van der Waals surface area contributed by atoms with Gasteiger partial charge >= 0.3 is 0 Å². The summed E-state index contributed by atoms with van der Waals surface area (Å²) in [4.78, 5) is 0. The zero-order valence-electron chi connectivity index (χ0n) is 19.6. The lowest BCUT2D eigenvalue weighted by atomic mass is 9.75. The lowest BCUT2D eigenvalue weighted by Gasteiger charge is -2.29. The van der Waals surface area contributed by atoms with Crippen LogP contribution in [-0.4, -0.2) is 0 Å². The molecule has 1 fully saturated rings. The molecule has 3 aliphatic rings. The van der Waals surface area contributed by atoms with Crippen molar-refractivity contribution in [2.45, 2.75) is 77.0 Å². The van der Waals surface area contributed by atoms with E-state index >= 15 is 0 Å². The van der Waals surface area contributed by atoms with Gasteiger partial charge in [0.15, 0.2) is 0 Å². The molecular formula is C32H34. The third-order valence-corrected chi connectivity index (χ3v) is 8.20. The van der Waals surface area contributed by atoms with Gasteiger partial charge in [0.2, 0.25) is 0 Å². The zero-order valence-corrected chi connectivity index (χ0v) is 19.6. The van der Waals surface area contributed by atoms with Gasteiger partial charge in [0.25, 0.3) is 0 Å². The first-order chi connectivity index (χ1) is 15.7. The van der Waals surface area contributed by atoms with Gasteiger partial charge in [0.05, 0.1) is 0 Å². The Morgan fingerprint density at radius 2 is 1.66 bits per heavy atom. The fourth-order valence-corrected chi connectivity index (χ4v) is 6.65. The summed E-state index contributed by atoms with van der Waals surface area (Å²) >= 11 is 0. The largest absolute Gasteiger partial charge is 0.0836 e. The number of hydrogen-bond acceptors (Lipinski definition) is 0. The molecule has 3 aromatic carbocycles. The minimum atomic E-state index is 0.513. The Labute approximate surface area is 193 Å². The highest BCUT2D eigenvalue weighted by atomic mass is 14.3. The van der Waals surface area contributed by atoms with Gasteiger partial charge in [-0.15, -0.1) is 0 Å². The molecule has 1 saturated carbocycles. The summed E-state index contributed by atoms with van der Waals surface area (Å²) in [6.45, 7) is 4.76. The molecule has 3 aliphatic carbocycles. The molecule has 3 aromatic rings. The van der Waals surface area contributed by atoms with Gasteiger partial charge in [0.1, 0.15) is 0 Å². The van der Waals surface area contributed by atoms with Crippen molar-refractivity contribution >= 4 is 16.3 Å². The van der Waals surface area contributed by atoms with Crippen molar-refractivity contribution in [1.82, 2.24) is 0 Å². The fraction of sp³-hybridized carbons (Fsp3) is 0.375. The Bertz CT molecular complexity index is 1230. The van der Waals surface area contributed by atoms with Gasteiger partial charge < -0.3 is 0 Å². The number of aryl methyl sites for hydroxylation is 1. The van der Waals surface area contributed by atoms with E-state index in [2.05, 4.69) is 74.5 Å². The molecule has 0 bridgehead atoms. The highest BCUT2D eigenvalue weighted by molar-refractivity contribution is 6.00. The normalized spacial score (nSPS) is 18.5. The summed E-state index contributed by atoms with van der Waals surface area (Å²) in [7, 11) is 0. The molecule has 6 rings (SSSR count). The van der Waals surface area contributed by atoms with Gasteiger partial charge in [-0.25, -0.2) is 0 Å². The molecular weight excluding hydrogens is 384 g/mol. The van der Waals surface area contributed by atoms with Crippen LogP contribution in [0, 0.1) is 0 Å². The molecule has 0 unspecified atom stereocenters. The van der Waals surface area contributed by atoms with Gasteiger partial charge in [-0.3, -0.25) is 0 Å². The molecule has 0 N–H and O–H groups in total. The molecule has 0 aliphatic heterocycles. The van der Waals surface area contributed by atoms with Gasteiger partial charge in [0, 0.05) is 0 Å². The van der Waals surface area contributed by atoms with Crippen LogP contribution in [0.5, 0.6) is 0 Å². The van der Waals surface area contributed by atoms with Crippen molar-refractivity contribution < 1.29 is 0 Å². The molecule has 0 heterocycles. The summed E-state index contributed by atoms with van der Waals surface area (Å²) in [5.41, 5.74) is 12.4. The maximum absolute atomic E-state index is 2.58. The minimum Gasteiger partial charge on any atom is -0.0836 e. The van der Waals surface area contributed by atoms with E-state index in [-0.39, 0.29) is 0 Å². The number of rotatable bonds is 3. The lowest BCUT2D eigenvalue weighted by molar-refractivity contribution is 0.727. The second kappa shape index (κ2) is 8.07. The average molecular weight is 419 g/mol. The van der Waals surface area contributed by atoms with Crippen LogP contribution in [0.1, 0.15) is 92.9 Å². The predicted molar refractivity (Wildman–Crippen MR) is 138 cm³/mol. The summed E-state index contributed by atoms with van der Waals surface area (Å²) in [5.74, 6) is 1.20. The highest BCUT2D eigenvalue weighted by Crippen LogP contribution is 2.49. The number of fused-ring (bicyclic) bond motifs is 4. The van der Waals surface area contributed by atoms with E-state index in [4.69, 9.17) is 0 Å². The molecule has 162 valence electrons. The zero-order chi connectivity index (χ0) is 21.7. The van der Waals surface area contributed by atoms with E-state index in [0.29, 0.717) is 11.8 Å². The third kappa shape index (κ3) is 3.19. The SMILES string of the molecule is CC(C)c1cc2c3c(ccc2c(C2CCCC2)c1-c1ccccc1)C1=C(CCC=C1)CC3. The van der Waals surface area contributed by atoms with E-state index in [1.807, 2.05) is 0 Å². The van der Waals surface area contributed by atoms with Crippen LogP contribution in [0.4, 0.5) is 0 Å². The lowest BCUT2D eigenvalue weighted by Crippen LogP contribution is -2.09. The number of hydrogen-bond donors (Lipinski definition) is 0. The van der Waals surface area contributed by atoms with Crippen molar-refractivity contribution in [3.63, 3.8) is 0 Å². The van der Waals surface area contributed by atoms with Crippen LogP contribution in [0.25, 0.3) is 27.5 Å². The standard InChI is InChI=1S/C32H34/c1-21(2)29-20-30-27-17-16-22-10-8-9-15-25(22)26(27)18-19-28(30)31(23-13-6-7-14-23)32(29)24-11-4-3-5-12-24/h3-5,9,11-12,15,18-21,23H,6-8,10,13-14,16-17H2,1-2H3. The maximum Gasteiger partial charge on any atom is -0.0108 e. The Morgan fingerprint density at radius 1 is 0.844 bits per heavy atom. The van der Waals surface area contributed by atoms with E-state index in [9.17, 15) is 0 Å². The first kappa shape index (κ1) is 20.0. The van der Waals surface area contributed by atoms with Crippen molar-refractivity contribution in [2.24, 2.45) is 0 Å². The molecule has 0 aromatic heterocycles. The van der Waals surface area contributed by atoms with Gasteiger partial charge in [-0.1, -0.05) is 86.9 Å². The van der Waals surface area contributed by atoms with Crippen molar-refractivity contribution in [3.05, 3.63) is 88.5 Å². The van der Waals surface area contributed by atoms with Crippen LogP contribution in [0.15, 0.2) is 66.3 Å². The Hall–Kier alpha value is -2.60. The first-order valence-corrected chi connectivity index (χ1v) is 12.8. The fourth-order valence-electron chi connectivity index (χ4n) is 6.65. The highest BCUT2D eigenvalue weighted by Gasteiger charge is 2.28. The topological polar surface area (TPSA) is 0 Å². The number of allylic oxidation sites excluding steroid dienone is 4. The van der Waals surface area contributed by atoms with E-state index < -0.39 is 0 Å². The molecule has 32 heavy (non-hydrogen) atoms. The first-order valence-electron chi connectivity index (χ1n) is 12.8. The van der Waals surface area contributed by atoms with Crippen LogP contribution < -0.4 is 0 Å². The summed E-state index contributed by atoms with van der Waals surface area (Å²) in [5, 5.41) is 3.07. The summed E-state index contributed by atoms with van der Waals surface area (Å²) in [6, 6.07) is 18.7. The maximum atomic E-state index is 2.58. The molecule has 0 amide bonds. The molecule has 0 spiro atoms. The smallest absolute Gasteiger partial charge is 0.0108 e.